The zero-order valence-electron chi connectivity index (χ0n) is 13.7. The lowest BCUT2D eigenvalue weighted by Crippen LogP contribution is -1.97. The minimum atomic E-state index is 0.388. The fourth-order valence-electron chi connectivity index (χ4n) is 2.40. The Morgan fingerprint density at radius 1 is 0.550 bits per heavy atom. The highest BCUT2D eigenvalue weighted by molar-refractivity contribution is 5.78. The summed E-state index contributed by atoms with van der Waals surface area (Å²) in [7, 11) is 0. The highest BCUT2D eigenvalue weighted by Crippen LogP contribution is 2.11. The fourth-order valence-corrected chi connectivity index (χ4v) is 2.40. The van der Waals surface area contributed by atoms with Gasteiger partial charge < -0.3 is 0 Å². The molecule has 0 atom stereocenters. The first-order valence-electron chi connectivity index (χ1n) is 8.74. The summed E-state index contributed by atoms with van der Waals surface area (Å²) in [6.45, 7) is 4.13. The average molecular weight is 282 g/mol. The molecule has 2 heteroatoms. The second-order valence-corrected chi connectivity index (χ2v) is 5.86. The second kappa shape index (κ2) is 14.7. The Kier molecular flexibility index (Phi) is 14.3. The summed E-state index contributed by atoms with van der Waals surface area (Å²) in [5, 5.41) is 0. The molecule has 118 valence electrons. The van der Waals surface area contributed by atoms with Gasteiger partial charge in [-0.3, -0.25) is 9.59 Å². The Balaban J connectivity index is 3.19. The lowest BCUT2D eigenvalue weighted by atomic mass is 10.0. The average Bonchev–Trinajstić information content (AvgIpc) is 2.46. The number of hydrogen-bond acceptors (Lipinski definition) is 2. The summed E-state index contributed by atoms with van der Waals surface area (Å²) in [6, 6.07) is 0. The minimum absolute atomic E-state index is 0.388. The van der Waals surface area contributed by atoms with Crippen molar-refractivity contribution in [1.29, 1.82) is 0 Å². The van der Waals surface area contributed by atoms with Gasteiger partial charge in [0, 0.05) is 25.7 Å². The predicted octanol–water partition coefficient (Wildman–Crippen LogP) is 5.63. The normalized spacial score (nSPS) is 10.7. The van der Waals surface area contributed by atoms with Crippen molar-refractivity contribution in [3.05, 3.63) is 0 Å². The Morgan fingerprint density at radius 2 is 0.950 bits per heavy atom. The molecule has 20 heavy (non-hydrogen) atoms. The highest BCUT2D eigenvalue weighted by Gasteiger charge is 2.02. The predicted molar refractivity (Wildman–Crippen MR) is 86.0 cm³/mol. The second-order valence-electron chi connectivity index (χ2n) is 5.86. The molecular formula is C18H34O2. The molecule has 0 saturated carbocycles. The van der Waals surface area contributed by atoms with Gasteiger partial charge in [-0.2, -0.15) is 0 Å². The van der Waals surface area contributed by atoms with E-state index in [1.54, 1.807) is 0 Å². The first-order valence-corrected chi connectivity index (χ1v) is 8.74. The van der Waals surface area contributed by atoms with Crippen LogP contribution in [0, 0.1) is 0 Å². The SMILES string of the molecule is CCCCCCC(=O)CCCCCCCCC(=O)CC. The summed E-state index contributed by atoms with van der Waals surface area (Å²) < 4.78 is 0. The van der Waals surface area contributed by atoms with Crippen LogP contribution in [-0.2, 0) is 9.59 Å². The molecule has 0 N–H and O–H groups in total. The summed E-state index contributed by atoms with van der Waals surface area (Å²) in [5.41, 5.74) is 0. The molecule has 0 aromatic heterocycles. The summed E-state index contributed by atoms with van der Waals surface area (Å²) >= 11 is 0. The number of unbranched alkanes of at least 4 members (excludes halogenated alkanes) is 8. The van der Waals surface area contributed by atoms with E-state index in [-0.39, 0.29) is 0 Å². The van der Waals surface area contributed by atoms with Crippen molar-refractivity contribution in [2.45, 2.75) is 104 Å². The van der Waals surface area contributed by atoms with Crippen LogP contribution in [0.3, 0.4) is 0 Å². The van der Waals surface area contributed by atoms with E-state index in [1.165, 1.54) is 38.5 Å². The van der Waals surface area contributed by atoms with Gasteiger partial charge in [-0.1, -0.05) is 58.8 Å². The van der Waals surface area contributed by atoms with E-state index in [1.807, 2.05) is 6.92 Å². The van der Waals surface area contributed by atoms with Gasteiger partial charge in [0.2, 0.25) is 0 Å². The molecular weight excluding hydrogens is 248 g/mol. The van der Waals surface area contributed by atoms with Crippen LogP contribution in [0.5, 0.6) is 0 Å². The Bertz CT molecular complexity index is 246. The first kappa shape index (κ1) is 19.3. The minimum Gasteiger partial charge on any atom is -0.300 e. The quantitative estimate of drug-likeness (QED) is 0.365. The molecule has 0 saturated heterocycles. The number of ketones is 2. The number of hydrogen-bond donors (Lipinski definition) is 0. The van der Waals surface area contributed by atoms with Gasteiger partial charge in [-0.25, -0.2) is 0 Å². The van der Waals surface area contributed by atoms with Crippen molar-refractivity contribution in [3.63, 3.8) is 0 Å². The molecule has 0 amide bonds. The Morgan fingerprint density at radius 3 is 1.40 bits per heavy atom. The van der Waals surface area contributed by atoms with Crippen molar-refractivity contribution in [2.24, 2.45) is 0 Å². The Labute approximate surface area is 125 Å². The fraction of sp³-hybridized carbons (Fsp3) is 0.889. The van der Waals surface area contributed by atoms with Crippen molar-refractivity contribution < 1.29 is 9.59 Å². The van der Waals surface area contributed by atoms with E-state index in [9.17, 15) is 9.59 Å². The van der Waals surface area contributed by atoms with Gasteiger partial charge in [0.15, 0.2) is 0 Å². The lowest BCUT2D eigenvalue weighted by Gasteiger charge is -2.02. The van der Waals surface area contributed by atoms with Crippen LogP contribution in [0.2, 0.25) is 0 Å². The summed E-state index contributed by atoms with van der Waals surface area (Å²) in [4.78, 5) is 22.7. The maximum Gasteiger partial charge on any atom is 0.132 e. The zero-order valence-corrected chi connectivity index (χ0v) is 13.7. The largest absolute Gasteiger partial charge is 0.300 e. The number of rotatable bonds is 15. The highest BCUT2D eigenvalue weighted by atomic mass is 16.1. The third-order valence-corrected chi connectivity index (χ3v) is 3.86. The molecule has 0 heterocycles. The van der Waals surface area contributed by atoms with Crippen LogP contribution in [-0.4, -0.2) is 11.6 Å². The Hall–Kier alpha value is -0.660. The molecule has 0 aliphatic carbocycles. The summed E-state index contributed by atoms with van der Waals surface area (Å²) in [5.74, 6) is 0.841. The van der Waals surface area contributed by atoms with Crippen LogP contribution in [0.4, 0.5) is 0 Å². The molecule has 0 fully saturated rings. The number of carbonyl (C=O) groups excluding carboxylic acids is 2. The molecule has 0 rings (SSSR count). The van der Waals surface area contributed by atoms with Crippen molar-refractivity contribution in [3.8, 4) is 0 Å². The maximum absolute atomic E-state index is 11.6. The topological polar surface area (TPSA) is 34.1 Å². The van der Waals surface area contributed by atoms with Gasteiger partial charge in [0.25, 0.3) is 0 Å². The van der Waals surface area contributed by atoms with Crippen LogP contribution in [0.1, 0.15) is 104 Å². The monoisotopic (exact) mass is 282 g/mol. The van der Waals surface area contributed by atoms with E-state index in [0.29, 0.717) is 18.0 Å². The third-order valence-electron chi connectivity index (χ3n) is 3.86. The van der Waals surface area contributed by atoms with Crippen molar-refractivity contribution >= 4 is 11.6 Å². The van der Waals surface area contributed by atoms with Gasteiger partial charge in [0.05, 0.1) is 0 Å². The first-order chi connectivity index (χ1) is 9.70. The molecule has 0 radical (unpaired) electrons. The standard InChI is InChI=1S/C18H34O2/c1-3-5-6-11-15-18(20)16-13-10-8-7-9-12-14-17(19)4-2/h3-16H2,1-2H3. The lowest BCUT2D eigenvalue weighted by molar-refractivity contribution is -0.120. The van der Waals surface area contributed by atoms with Crippen LogP contribution in [0.25, 0.3) is 0 Å². The van der Waals surface area contributed by atoms with E-state index in [0.717, 1.165) is 44.9 Å². The van der Waals surface area contributed by atoms with Crippen LogP contribution >= 0.6 is 0 Å². The number of carbonyl (C=O) groups is 2. The molecule has 0 aliphatic rings. The van der Waals surface area contributed by atoms with Gasteiger partial charge in [-0.15, -0.1) is 0 Å². The summed E-state index contributed by atoms with van der Waals surface area (Å²) in [6.07, 6.45) is 14.6. The molecule has 0 aliphatic heterocycles. The van der Waals surface area contributed by atoms with Crippen molar-refractivity contribution in [1.82, 2.24) is 0 Å². The molecule has 0 spiro atoms. The smallest absolute Gasteiger partial charge is 0.132 e. The van der Waals surface area contributed by atoms with Crippen LogP contribution in [0.15, 0.2) is 0 Å². The molecule has 0 aromatic rings. The van der Waals surface area contributed by atoms with E-state index < -0.39 is 0 Å². The van der Waals surface area contributed by atoms with E-state index in [4.69, 9.17) is 0 Å². The van der Waals surface area contributed by atoms with E-state index >= 15 is 0 Å². The van der Waals surface area contributed by atoms with Crippen LogP contribution < -0.4 is 0 Å². The van der Waals surface area contributed by atoms with Crippen molar-refractivity contribution in [2.75, 3.05) is 0 Å². The zero-order chi connectivity index (χ0) is 15.1. The molecule has 2 nitrogen and oxygen atoms in total. The van der Waals surface area contributed by atoms with E-state index in [2.05, 4.69) is 6.92 Å². The maximum atomic E-state index is 11.6. The molecule has 0 aromatic carbocycles. The van der Waals surface area contributed by atoms with Gasteiger partial charge in [-0.05, 0) is 19.3 Å². The molecule has 0 bridgehead atoms. The number of Topliss-reactive ketones (excluding diaryl/α,β-unsaturated/α-hetero) is 2. The van der Waals surface area contributed by atoms with Gasteiger partial charge >= 0.3 is 0 Å². The molecule has 0 unspecified atom stereocenters. The third kappa shape index (κ3) is 13.8. The van der Waals surface area contributed by atoms with Gasteiger partial charge in [0.1, 0.15) is 11.6 Å².